The van der Waals surface area contributed by atoms with E-state index in [1.807, 2.05) is 11.2 Å². The van der Waals surface area contributed by atoms with Crippen molar-refractivity contribution in [2.75, 3.05) is 26.0 Å². The van der Waals surface area contributed by atoms with Gasteiger partial charge in [0, 0.05) is 49.2 Å². The Hall–Kier alpha value is -1.74. The second-order valence-electron chi connectivity index (χ2n) is 8.86. The van der Waals surface area contributed by atoms with E-state index in [1.54, 1.807) is 11.8 Å². The Kier molecular flexibility index (Phi) is 7.05. The van der Waals surface area contributed by atoms with E-state index in [-0.39, 0.29) is 11.8 Å². The molecule has 0 bridgehead atoms. The molecule has 2 aliphatic heterocycles. The van der Waals surface area contributed by atoms with Crippen LogP contribution in [0.25, 0.3) is 0 Å². The molecule has 1 saturated heterocycles. The molecular weight excluding hydrogens is 441 g/mol. The van der Waals surface area contributed by atoms with E-state index in [2.05, 4.69) is 18.2 Å². The fourth-order valence-corrected chi connectivity index (χ4v) is 5.75. The van der Waals surface area contributed by atoms with Crippen molar-refractivity contribution in [3.63, 3.8) is 0 Å². The molecule has 2 unspecified atom stereocenters. The first-order valence-electron chi connectivity index (χ1n) is 11.2. The second-order valence-corrected chi connectivity index (χ2v) is 9.74. The van der Waals surface area contributed by atoms with E-state index >= 15 is 0 Å². The molecule has 176 valence electrons. The molecule has 2 fully saturated rings. The molecule has 5 nitrogen and oxygen atoms in total. The van der Waals surface area contributed by atoms with Gasteiger partial charge >= 0.3 is 12.1 Å². The third-order valence-electron chi connectivity index (χ3n) is 6.95. The van der Waals surface area contributed by atoms with E-state index < -0.39 is 24.2 Å². The molecule has 0 radical (unpaired) electrons. The van der Waals surface area contributed by atoms with Crippen molar-refractivity contribution in [2.24, 2.45) is 5.92 Å². The number of ether oxygens (including phenoxy) is 1. The summed E-state index contributed by atoms with van der Waals surface area (Å²) in [5.74, 6) is -2.12. The highest BCUT2D eigenvalue weighted by atomic mass is 32.2. The number of alkyl halides is 3. The molecule has 1 aromatic rings. The first kappa shape index (κ1) is 23.4. The Morgan fingerprint density at radius 2 is 1.84 bits per heavy atom. The third kappa shape index (κ3) is 4.93. The van der Waals surface area contributed by atoms with Gasteiger partial charge in [-0.25, -0.2) is 0 Å². The fourth-order valence-electron chi connectivity index (χ4n) is 5.28. The number of amides is 2. The first-order valence-corrected chi connectivity index (χ1v) is 12.4. The Balaban J connectivity index is 1.45. The molecule has 1 saturated carbocycles. The molecule has 32 heavy (non-hydrogen) atoms. The number of nitrogens with zero attached hydrogens (tertiary/aromatic N) is 2. The van der Waals surface area contributed by atoms with Crippen LogP contribution in [0, 0.1) is 5.92 Å². The summed E-state index contributed by atoms with van der Waals surface area (Å²) in [5.41, 5.74) is 2.39. The van der Waals surface area contributed by atoms with Crippen molar-refractivity contribution < 1.29 is 27.5 Å². The molecule has 0 aromatic heterocycles. The standard InChI is InChI=1S/C23H29F3N2O3S/c1-32-20-5-3-15-6-9-27(14-17(15)13-20)21(29)16-2-4-19(12-16)28(22(30)23(24,25)26)18-7-10-31-11-8-18/h3,5,13,16,18-19H,2,4,6-12,14H2,1H3. The first-order chi connectivity index (χ1) is 15.3. The molecule has 2 amide bonds. The zero-order valence-corrected chi connectivity index (χ0v) is 19.0. The summed E-state index contributed by atoms with van der Waals surface area (Å²) in [4.78, 5) is 29.6. The summed E-state index contributed by atoms with van der Waals surface area (Å²) in [6.45, 7) is 1.87. The molecule has 2 atom stereocenters. The lowest BCUT2D eigenvalue weighted by Gasteiger charge is -2.39. The van der Waals surface area contributed by atoms with Crippen molar-refractivity contribution in [1.29, 1.82) is 0 Å². The van der Waals surface area contributed by atoms with Gasteiger partial charge in [0.2, 0.25) is 5.91 Å². The summed E-state index contributed by atoms with van der Waals surface area (Å²) in [5, 5.41) is 0. The van der Waals surface area contributed by atoms with Gasteiger partial charge < -0.3 is 14.5 Å². The largest absolute Gasteiger partial charge is 0.471 e. The molecule has 1 aliphatic carbocycles. The zero-order valence-electron chi connectivity index (χ0n) is 18.2. The normalized spacial score (nSPS) is 24.3. The maximum absolute atomic E-state index is 13.4. The number of thioether (sulfide) groups is 1. The maximum atomic E-state index is 13.4. The summed E-state index contributed by atoms with van der Waals surface area (Å²) < 4.78 is 45.4. The molecular formula is C23H29F3N2O3S. The van der Waals surface area contributed by atoms with Gasteiger partial charge in [-0.15, -0.1) is 11.8 Å². The number of fused-ring (bicyclic) bond motifs is 1. The lowest BCUT2D eigenvalue weighted by Crippen LogP contribution is -2.53. The van der Waals surface area contributed by atoms with E-state index in [9.17, 15) is 22.8 Å². The number of hydrogen-bond donors (Lipinski definition) is 0. The monoisotopic (exact) mass is 470 g/mol. The summed E-state index contributed by atoms with van der Waals surface area (Å²) in [6.07, 6.45) is -0.0716. The van der Waals surface area contributed by atoms with Crippen molar-refractivity contribution in [1.82, 2.24) is 9.80 Å². The van der Waals surface area contributed by atoms with Crippen LogP contribution in [0.2, 0.25) is 0 Å². The van der Waals surface area contributed by atoms with Gasteiger partial charge in [0.15, 0.2) is 0 Å². The predicted octanol–water partition coefficient (Wildman–Crippen LogP) is 4.03. The molecule has 1 aromatic carbocycles. The lowest BCUT2D eigenvalue weighted by molar-refractivity contribution is -0.192. The van der Waals surface area contributed by atoms with Gasteiger partial charge in [0.1, 0.15) is 0 Å². The highest BCUT2D eigenvalue weighted by molar-refractivity contribution is 7.98. The summed E-state index contributed by atoms with van der Waals surface area (Å²) >= 11 is 1.66. The van der Waals surface area contributed by atoms with Crippen LogP contribution in [0.3, 0.4) is 0 Å². The SMILES string of the molecule is CSc1ccc2c(c1)CN(C(=O)C1CCC(N(C(=O)C(F)(F)F)C3CCOCC3)C1)CC2. The van der Waals surface area contributed by atoms with E-state index in [0.29, 0.717) is 58.4 Å². The van der Waals surface area contributed by atoms with Crippen LogP contribution < -0.4 is 0 Å². The highest BCUT2D eigenvalue weighted by Crippen LogP contribution is 2.37. The second kappa shape index (κ2) is 9.63. The fraction of sp³-hybridized carbons (Fsp3) is 0.652. The maximum Gasteiger partial charge on any atom is 0.471 e. The van der Waals surface area contributed by atoms with Crippen molar-refractivity contribution in [3.05, 3.63) is 29.3 Å². The van der Waals surface area contributed by atoms with Gasteiger partial charge in [-0.3, -0.25) is 9.59 Å². The Labute approximate surface area is 190 Å². The van der Waals surface area contributed by atoms with Gasteiger partial charge in [-0.1, -0.05) is 6.07 Å². The third-order valence-corrected chi connectivity index (χ3v) is 7.67. The number of halogens is 3. The van der Waals surface area contributed by atoms with Crippen molar-refractivity contribution in [2.45, 2.75) is 68.2 Å². The van der Waals surface area contributed by atoms with Crippen LogP contribution in [0.15, 0.2) is 23.1 Å². The van der Waals surface area contributed by atoms with Gasteiger partial charge in [-0.2, -0.15) is 13.2 Å². The van der Waals surface area contributed by atoms with Crippen LogP contribution in [0.1, 0.15) is 43.2 Å². The Bertz CT molecular complexity index is 857. The predicted molar refractivity (Wildman–Crippen MR) is 115 cm³/mol. The highest BCUT2D eigenvalue weighted by Gasteiger charge is 2.49. The van der Waals surface area contributed by atoms with Gasteiger partial charge in [0.05, 0.1) is 0 Å². The minimum absolute atomic E-state index is 0.000843. The Morgan fingerprint density at radius 1 is 1.09 bits per heavy atom. The van der Waals surface area contributed by atoms with Gasteiger partial charge in [-0.05, 0) is 68.0 Å². The van der Waals surface area contributed by atoms with E-state index in [4.69, 9.17) is 4.74 Å². The van der Waals surface area contributed by atoms with Crippen molar-refractivity contribution >= 4 is 23.6 Å². The molecule has 3 aliphatic rings. The number of benzene rings is 1. The summed E-state index contributed by atoms with van der Waals surface area (Å²) in [6, 6.07) is 5.28. The minimum Gasteiger partial charge on any atom is -0.381 e. The van der Waals surface area contributed by atoms with Gasteiger partial charge in [0.25, 0.3) is 0 Å². The lowest BCUT2D eigenvalue weighted by atomic mass is 9.97. The summed E-state index contributed by atoms with van der Waals surface area (Å²) in [7, 11) is 0. The van der Waals surface area contributed by atoms with Crippen LogP contribution >= 0.6 is 11.8 Å². The van der Waals surface area contributed by atoms with E-state index in [0.717, 1.165) is 21.8 Å². The van der Waals surface area contributed by atoms with E-state index in [1.165, 1.54) is 5.56 Å². The molecule has 4 rings (SSSR count). The molecule has 2 heterocycles. The van der Waals surface area contributed by atoms with Crippen LogP contribution in [-0.4, -0.2) is 65.9 Å². The zero-order chi connectivity index (χ0) is 22.9. The van der Waals surface area contributed by atoms with Crippen LogP contribution in [0.4, 0.5) is 13.2 Å². The number of carbonyl (C=O) groups excluding carboxylic acids is 2. The average molecular weight is 471 g/mol. The Morgan fingerprint density at radius 3 is 2.53 bits per heavy atom. The topological polar surface area (TPSA) is 49.9 Å². The quantitative estimate of drug-likeness (QED) is 0.624. The van der Waals surface area contributed by atoms with Crippen molar-refractivity contribution in [3.8, 4) is 0 Å². The minimum atomic E-state index is -4.91. The number of carbonyl (C=O) groups is 2. The molecule has 0 spiro atoms. The number of rotatable bonds is 4. The molecule has 0 N–H and O–H groups in total. The average Bonchev–Trinajstić information content (AvgIpc) is 3.27. The van der Waals surface area contributed by atoms with Crippen LogP contribution in [-0.2, 0) is 27.3 Å². The van der Waals surface area contributed by atoms with Crippen LogP contribution in [0.5, 0.6) is 0 Å². The molecule has 9 heteroatoms. The smallest absolute Gasteiger partial charge is 0.381 e. The number of hydrogen-bond acceptors (Lipinski definition) is 4.